The van der Waals surface area contributed by atoms with Gasteiger partial charge >= 0.3 is 0 Å². The van der Waals surface area contributed by atoms with Crippen LogP contribution in [0.15, 0.2) is 24.4 Å². The summed E-state index contributed by atoms with van der Waals surface area (Å²) in [5.74, 6) is 0.818. The summed E-state index contributed by atoms with van der Waals surface area (Å²) in [5.41, 5.74) is 2.26. The van der Waals surface area contributed by atoms with Gasteiger partial charge in [0.2, 0.25) is 0 Å². The molecule has 0 atom stereocenters. The number of benzene rings is 1. The van der Waals surface area contributed by atoms with E-state index in [1.165, 1.54) is 5.56 Å². The average Bonchev–Trinajstić information content (AvgIpc) is 2.88. The molecular formula is C11H10N5. The lowest BCUT2D eigenvalue weighted by Gasteiger charge is -2.02. The zero-order valence-electron chi connectivity index (χ0n) is 8.81. The second-order valence-electron chi connectivity index (χ2n) is 3.70. The summed E-state index contributed by atoms with van der Waals surface area (Å²) >= 11 is 0. The summed E-state index contributed by atoms with van der Waals surface area (Å²) in [6, 6.07) is 9.33. The van der Waals surface area contributed by atoms with Gasteiger partial charge in [0.25, 0.3) is 0 Å². The molecule has 2 aromatic heterocycles. The van der Waals surface area contributed by atoms with Crippen LogP contribution in [-0.4, -0.2) is 25.2 Å². The lowest BCUT2D eigenvalue weighted by atomic mass is 10.1. The third-order valence-electron chi connectivity index (χ3n) is 2.58. The van der Waals surface area contributed by atoms with Gasteiger partial charge < -0.3 is 4.98 Å². The van der Waals surface area contributed by atoms with Gasteiger partial charge in [-0.3, -0.25) is 0 Å². The van der Waals surface area contributed by atoms with E-state index >= 15 is 0 Å². The second kappa shape index (κ2) is 3.44. The van der Waals surface area contributed by atoms with Crippen LogP contribution >= 0.6 is 0 Å². The van der Waals surface area contributed by atoms with Crippen LogP contribution < -0.4 is 0 Å². The maximum Gasteiger partial charge on any atom is 0.148 e. The van der Waals surface area contributed by atoms with Gasteiger partial charge in [0.1, 0.15) is 5.82 Å². The van der Waals surface area contributed by atoms with E-state index in [2.05, 4.69) is 38.7 Å². The molecule has 0 amide bonds. The van der Waals surface area contributed by atoms with Crippen LogP contribution in [0.4, 0.5) is 0 Å². The summed E-state index contributed by atoms with van der Waals surface area (Å²) in [7, 11) is 0. The van der Waals surface area contributed by atoms with Crippen LogP contribution in [0.2, 0.25) is 0 Å². The van der Waals surface area contributed by atoms with Crippen LogP contribution in [0, 0.1) is 13.0 Å². The Morgan fingerprint density at radius 2 is 2.38 bits per heavy atom. The number of rotatable bonds is 2. The maximum atomic E-state index is 3.92. The maximum absolute atomic E-state index is 3.92. The number of hydrogen-bond donors (Lipinski definition) is 1. The molecule has 3 aromatic rings. The summed E-state index contributed by atoms with van der Waals surface area (Å²) in [6.45, 7) is 2.58. The molecule has 16 heavy (non-hydrogen) atoms. The first-order valence-electron chi connectivity index (χ1n) is 5.03. The molecule has 0 fully saturated rings. The van der Waals surface area contributed by atoms with Crippen molar-refractivity contribution in [2.45, 2.75) is 13.5 Å². The molecule has 1 N–H and O–H groups in total. The number of aromatic nitrogens is 5. The van der Waals surface area contributed by atoms with Gasteiger partial charge in [0.05, 0.1) is 6.54 Å². The second-order valence-corrected chi connectivity index (χ2v) is 3.70. The van der Waals surface area contributed by atoms with E-state index in [1.807, 2.05) is 19.2 Å². The number of tetrazole rings is 1. The van der Waals surface area contributed by atoms with Crippen molar-refractivity contribution in [3.8, 4) is 0 Å². The Kier molecular flexibility index (Phi) is 1.96. The predicted octanol–water partition coefficient (Wildman–Crippen LogP) is 1.31. The van der Waals surface area contributed by atoms with Crippen molar-refractivity contribution in [1.29, 1.82) is 0 Å². The molecule has 0 spiro atoms. The molecule has 3 rings (SSSR count). The van der Waals surface area contributed by atoms with Gasteiger partial charge in [-0.1, -0.05) is 6.07 Å². The zero-order chi connectivity index (χ0) is 11.0. The first-order chi connectivity index (χ1) is 7.83. The van der Waals surface area contributed by atoms with E-state index in [-0.39, 0.29) is 0 Å². The fourth-order valence-corrected chi connectivity index (χ4v) is 1.69. The summed E-state index contributed by atoms with van der Waals surface area (Å²) in [6.07, 6.45) is 1.82. The van der Waals surface area contributed by atoms with Crippen molar-refractivity contribution < 1.29 is 0 Å². The van der Waals surface area contributed by atoms with Crippen molar-refractivity contribution in [3.63, 3.8) is 0 Å². The highest BCUT2D eigenvalue weighted by molar-refractivity contribution is 5.79. The van der Waals surface area contributed by atoms with Crippen molar-refractivity contribution in [3.05, 3.63) is 41.9 Å². The van der Waals surface area contributed by atoms with Gasteiger partial charge in [-0.25, -0.2) is 4.68 Å². The standard InChI is InChI=1S/C11H10N5/c1-8-13-14-15-16(8)7-9-2-3-11-10(6-9)4-5-12-11/h2-3,5-6,12H,7H2,1H3. The minimum atomic E-state index is 0.688. The van der Waals surface area contributed by atoms with Crippen LogP contribution in [-0.2, 0) is 6.54 Å². The monoisotopic (exact) mass is 212 g/mol. The van der Waals surface area contributed by atoms with E-state index in [4.69, 9.17) is 0 Å². The molecule has 5 heteroatoms. The number of hydrogen-bond acceptors (Lipinski definition) is 3. The van der Waals surface area contributed by atoms with Crippen LogP contribution in [0.1, 0.15) is 11.4 Å². The molecule has 1 aromatic carbocycles. The first-order valence-corrected chi connectivity index (χ1v) is 5.03. The van der Waals surface area contributed by atoms with E-state index in [9.17, 15) is 0 Å². The topological polar surface area (TPSA) is 59.4 Å². The number of aromatic amines is 1. The van der Waals surface area contributed by atoms with Crippen molar-refractivity contribution >= 4 is 10.9 Å². The molecule has 0 saturated heterocycles. The van der Waals surface area contributed by atoms with Crippen molar-refractivity contribution in [1.82, 2.24) is 25.2 Å². The highest BCUT2D eigenvalue weighted by Gasteiger charge is 2.02. The van der Waals surface area contributed by atoms with Crippen molar-refractivity contribution in [2.24, 2.45) is 0 Å². The Morgan fingerprint density at radius 1 is 1.44 bits per heavy atom. The normalized spacial score (nSPS) is 11.1. The Morgan fingerprint density at radius 3 is 3.19 bits per heavy atom. The number of nitrogens with one attached hydrogen (secondary N) is 1. The Hall–Kier alpha value is -2.17. The average molecular weight is 212 g/mol. The quantitative estimate of drug-likeness (QED) is 0.696. The van der Waals surface area contributed by atoms with Crippen molar-refractivity contribution in [2.75, 3.05) is 0 Å². The Balaban J connectivity index is 1.97. The molecule has 5 nitrogen and oxygen atoms in total. The number of nitrogens with zero attached hydrogens (tertiary/aromatic N) is 4. The molecular weight excluding hydrogens is 202 g/mol. The first kappa shape index (κ1) is 9.08. The largest absolute Gasteiger partial charge is 0.361 e. The molecule has 0 saturated carbocycles. The Labute approximate surface area is 92.1 Å². The summed E-state index contributed by atoms with van der Waals surface area (Å²) < 4.78 is 1.77. The molecule has 0 aliphatic carbocycles. The van der Waals surface area contributed by atoms with Gasteiger partial charge in [-0.2, -0.15) is 0 Å². The fraction of sp³-hybridized carbons (Fsp3) is 0.182. The minimum absolute atomic E-state index is 0.688. The number of aryl methyl sites for hydroxylation is 1. The van der Waals surface area contributed by atoms with Gasteiger partial charge in [-0.15, -0.1) is 5.10 Å². The molecule has 0 unspecified atom stereocenters. The molecule has 0 aliphatic rings. The SMILES string of the molecule is Cc1nnnn1Cc1ccc2[nH]c[c]c2c1. The Bertz CT molecular complexity index is 622. The molecule has 1 radical (unpaired) electrons. The highest BCUT2D eigenvalue weighted by Crippen LogP contribution is 2.14. The lowest BCUT2D eigenvalue weighted by Crippen LogP contribution is -2.03. The molecule has 2 heterocycles. The molecule has 0 bridgehead atoms. The number of H-pyrrole nitrogens is 1. The highest BCUT2D eigenvalue weighted by atomic mass is 15.5. The van der Waals surface area contributed by atoms with E-state index in [0.717, 1.165) is 16.7 Å². The number of fused-ring (bicyclic) bond motifs is 1. The van der Waals surface area contributed by atoms with E-state index < -0.39 is 0 Å². The van der Waals surface area contributed by atoms with Gasteiger partial charge in [-0.05, 0) is 35.0 Å². The van der Waals surface area contributed by atoms with Crippen LogP contribution in [0.5, 0.6) is 0 Å². The van der Waals surface area contributed by atoms with E-state index in [1.54, 1.807) is 4.68 Å². The van der Waals surface area contributed by atoms with Crippen LogP contribution in [0.3, 0.4) is 0 Å². The van der Waals surface area contributed by atoms with Gasteiger partial charge in [0.15, 0.2) is 0 Å². The molecule has 79 valence electrons. The minimum Gasteiger partial charge on any atom is -0.361 e. The summed E-state index contributed by atoms with van der Waals surface area (Å²) in [5, 5.41) is 12.5. The van der Waals surface area contributed by atoms with E-state index in [0.29, 0.717) is 6.54 Å². The lowest BCUT2D eigenvalue weighted by molar-refractivity contribution is 0.633. The van der Waals surface area contributed by atoms with Gasteiger partial charge in [0, 0.05) is 23.2 Å². The fourth-order valence-electron chi connectivity index (χ4n) is 1.69. The third-order valence-corrected chi connectivity index (χ3v) is 2.58. The van der Waals surface area contributed by atoms with Crippen LogP contribution in [0.25, 0.3) is 10.9 Å². The zero-order valence-corrected chi connectivity index (χ0v) is 8.81. The third kappa shape index (κ3) is 1.46. The summed E-state index contributed by atoms with van der Waals surface area (Å²) in [4.78, 5) is 3.11. The predicted molar refractivity (Wildman–Crippen MR) is 58.8 cm³/mol. The smallest absolute Gasteiger partial charge is 0.148 e. The molecule has 0 aliphatic heterocycles.